The predicted molar refractivity (Wildman–Crippen MR) is 121 cm³/mol. The van der Waals surface area contributed by atoms with Gasteiger partial charge in [0.05, 0.1) is 25.2 Å². The molecular formula is C23H32N2O5S. The summed E-state index contributed by atoms with van der Waals surface area (Å²) in [5.74, 6) is 1.02. The first kappa shape index (κ1) is 24.7. The first-order valence-electron chi connectivity index (χ1n) is 10.5. The quantitative estimate of drug-likeness (QED) is 0.455. The summed E-state index contributed by atoms with van der Waals surface area (Å²) >= 11 is 0. The molecule has 2 rings (SSSR count). The molecule has 170 valence electrons. The molecule has 2 aromatic rings. The van der Waals surface area contributed by atoms with E-state index in [2.05, 4.69) is 17.0 Å². The van der Waals surface area contributed by atoms with Gasteiger partial charge in [0.25, 0.3) is 0 Å². The predicted octanol–water partition coefficient (Wildman–Crippen LogP) is 3.81. The minimum atomic E-state index is -3.84. The Labute approximate surface area is 185 Å². The molecule has 2 N–H and O–H groups in total. The summed E-state index contributed by atoms with van der Waals surface area (Å²) in [5, 5.41) is 2.89. The number of sulfonamides is 1. The highest BCUT2D eigenvalue weighted by Gasteiger charge is 2.24. The van der Waals surface area contributed by atoms with Crippen molar-refractivity contribution in [3.8, 4) is 11.5 Å². The van der Waals surface area contributed by atoms with Gasteiger partial charge in [-0.05, 0) is 48.4 Å². The molecule has 0 heterocycles. The molecule has 0 saturated carbocycles. The summed E-state index contributed by atoms with van der Waals surface area (Å²) in [6.07, 6.45) is 4.22. The van der Waals surface area contributed by atoms with Crippen LogP contribution in [-0.4, -0.2) is 35.1 Å². The van der Waals surface area contributed by atoms with Crippen molar-refractivity contribution in [2.24, 2.45) is 0 Å². The summed E-state index contributed by atoms with van der Waals surface area (Å²) in [6.45, 7) is 2.71. The van der Waals surface area contributed by atoms with Crippen LogP contribution in [0.5, 0.6) is 11.5 Å². The Kier molecular flexibility index (Phi) is 9.81. The maximum absolute atomic E-state index is 12.9. The standard InChI is InChI=1S/C23H32N2O5S/c1-4-5-6-7-16-24-23(26)17-22(18-8-10-19(29-2)11-9-18)25-31(27,28)21-14-12-20(30-3)13-15-21/h8-15,22,25H,4-7,16-17H2,1-3H3,(H,24,26)/t22-/m0/s1. The summed E-state index contributed by atoms with van der Waals surface area (Å²) in [6, 6.07) is 12.4. The molecule has 0 bridgehead atoms. The van der Waals surface area contributed by atoms with Crippen molar-refractivity contribution < 1.29 is 22.7 Å². The molecule has 0 radical (unpaired) electrons. The van der Waals surface area contributed by atoms with Crippen LogP contribution in [0, 0.1) is 0 Å². The third-order valence-corrected chi connectivity index (χ3v) is 6.41. The van der Waals surface area contributed by atoms with E-state index in [1.54, 1.807) is 43.5 Å². The molecule has 0 aliphatic rings. The van der Waals surface area contributed by atoms with Crippen molar-refractivity contribution in [2.75, 3.05) is 20.8 Å². The maximum Gasteiger partial charge on any atom is 0.241 e. The van der Waals surface area contributed by atoms with E-state index in [9.17, 15) is 13.2 Å². The Morgan fingerprint density at radius 3 is 2.03 bits per heavy atom. The lowest BCUT2D eigenvalue weighted by molar-refractivity contribution is -0.121. The van der Waals surface area contributed by atoms with Gasteiger partial charge in [0.15, 0.2) is 0 Å². The first-order chi connectivity index (χ1) is 14.9. The van der Waals surface area contributed by atoms with Gasteiger partial charge in [0.1, 0.15) is 11.5 Å². The molecule has 0 aliphatic carbocycles. The number of hydrogen-bond donors (Lipinski definition) is 2. The fourth-order valence-electron chi connectivity index (χ4n) is 3.11. The number of carbonyl (C=O) groups is 1. The zero-order valence-electron chi connectivity index (χ0n) is 18.4. The lowest BCUT2D eigenvalue weighted by atomic mass is 10.0. The lowest BCUT2D eigenvalue weighted by Crippen LogP contribution is -2.34. The maximum atomic E-state index is 12.9. The summed E-state index contributed by atoms with van der Waals surface area (Å²) in [5.41, 5.74) is 0.680. The van der Waals surface area contributed by atoms with E-state index < -0.39 is 16.1 Å². The van der Waals surface area contributed by atoms with Crippen molar-refractivity contribution in [3.05, 3.63) is 54.1 Å². The lowest BCUT2D eigenvalue weighted by Gasteiger charge is -2.19. The molecule has 8 heteroatoms. The van der Waals surface area contributed by atoms with Gasteiger partial charge in [-0.25, -0.2) is 13.1 Å². The number of methoxy groups -OCH3 is 2. The molecule has 0 saturated heterocycles. The number of nitrogens with one attached hydrogen (secondary N) is 2. The molecule has 2 aromatic carbocycles. The molecule has 1 atom stereocenters. The number of ether oxygens (including phenoxy) is 2. The van der Waals surface area contributed by atoms with Gasteiger partial charge in [-0.3, -0.25) is 4.79 Å². The molecule has 31 heavy (non-hydrogen) atoms. The number of hydrogen-bond acceptors (Lipinski definition) is 5. The van der Waals surface area contributed by atoms with Gasteiger partial charge in [-0.1, -0.05) is 38.3 Å². The van der Waals surface area contributed by atoms with Crippen LogP contribution < -0.4 is 19.5 Å². The van der Waals surface area contributed by atoms with Crippen LogP contribution in [0.1, 0.15) is 50.6 Å². The van der Waals surface area contributed by atoms with Crippen molar-refractivity contribution in [1.29, 1.82) is 0 Å². The van der Waals surface area contributed by atoms with Gasteiger partial charge < -0.3 is 14.8 Å². The Morgan fingerprint density at radius 1 is 0.903 bits per heavy atom. The van der Waals surface area contributed by atoms with Gasteiger partial charge in [0, 0.05) is 13.0 Å². The van der Waals surface area contributed by atoms with Crippen LogP contribution in [0.15, 0.2) is 53.4 Å². The first-order valence-corrected chi connectivity index (χ1v) is 11.9. The third kappa shape index (κ3) is 7.88. The van der Waals surface area contributed by atoms with Crippen LogP contribution in [0.4, 0.5) is 0 Å². The number of rotatable bonds is 13. The summed E-state index contributed by atoms with van der Waals surface area (Å²) in [7, 11) is -0.767. The molecule has 0 aliphatic heterocycles. The molecule has 0 unspecified atom stereocenters. The Morgan fingerprint density at radius 2 is 1.48 bits per heavy atom. The highest BCUT2D eigenvalue weighted by Crippen LogP contribution is 2.24. The molecule has 0 spiro atoms. The second-order valence-electron chi connectivity index (χ2n) is 7.24. The second kappa shape index (κ2) is 12.3. The van der Waals surface area contributed by atoms with E-state index in [1.165, 1.54) is 19.2 Å². The molecule has 0 fully saturated rings. The fourth-order valence-corrected chi connectivity index (χ4v) is 4.34. The molecular weight excluding hydrogens is 416 g/mol. The Hall–Kier alpha value is -2.58. The second-order valence-corrected chi connectivity index (χ2v) is 8.95. The normalized spacial score (nSPS) is 12.2. The largest absolute Gasteiger partial charge is 0.497 e. The van der Waals surface area contributed by atoms with E-state index in [4.69, 9.17) is 9.47 Å². The van der Waals surface area contributed by atoms with Crippen LogP contribution in [0.2, 0.25) is 0 Å². The van der Waals surface area contributed by atoms with Gasteiger partial charge in [-0.2, -0.15) is 0 Å². The number of benzene rings is 2. The Bertz CT molecular complexity index is 912. The Balaban J connectivity index is 2.15. The van der Waals surface area contributed by atoms with E-state index in [0.29, 0.717) is 23.6 Å². The van der Waals surface area contributed by atoms with Crippen LogP contribution >= 0.6 is 0 Å². The molecule has 1 amide bonds. The van der Waals surface area contributed by atoms with Gasteiger partial charge >= 0.3 is 0 Å². The zero-order chi connectivity index (χ0) is 22.7. The summed E-state index contributed by atoms with van der Waals surface area (Å²) < 4.78 is 38.8. The van der Waals surface area contributed by atoms with Crippen molar-refractivity contribution in [3.63, 3.8) is 0 Å². The highest BCUT2D eigenvalue weighted by atomic mass is 32.2. The van der Waals surface area contributed by atoms with Crippen molar-refractivity contribution in [1.82, 2.24) is 10.0 Å². The minimum Gasteiger partial charge on any atom is -0.497 e. The number of amides is 1. The van der Waals surface area contributed by atoms with Crippen LogP contribution in [-0.2, 0) is 14.8 Å². The van der Waals surface area contributed by atoms with Gasteiger partial charge in [-0.15, -0.1) is 0 Å². The van der Waals surface area contributed by atoms with Crippen LogP contribution in [0.25, 0.3) is 0 Å². The van der Waals surface area contributed by atoms with E-state index in [-0.39, 0.29) is 17.2 Å². The van der Waals surface area contributed by atoms with Crippen molar-refractivity contribution >= 4 is 15.9 Å². The third-order valence-electron chi connectivity index (χ3n) is 4.93. The SMILES string of the molecule is CCCCCCNC(=O)C[C@H](NS(=O)(=O)c1ccc(OC)cc1)c1ccc(OC)cc1. The van der Waals surface area contributed by atoms with Gasteiger partial charge in [0.2, 0.25) is 15.9 Å². The molecule has 0 aromatic heterocycles. The smallest absolute Gasteiger partial charge is 0.241 e. The minimum absolute atomic E-state index is 0.00447. The average Bonchev–Trinajstić information content (AvgIpc) is 2.78. The summed E-state index contributed by atoms with van der Waals surface area (Å²) in [4.78, 5) is 12.6. The van der Waals surface area contributed by atoms with E-state index in [0.717, 1.165) is 25.7 Å². The average molecular weight is 449 g/mol. The van der Waals surface area contributed by atoms with E-state index in [1.807, 2.05) is 0 Å². The number of unbranched alkanes of at least 4 members (excludes halogenated alkanes) is 3. The highest BCUT2D eigenvalue weighted by molar-refractivity contribution is 7.89. The molecule has 7 nitrogen and oxygen atoms in total. The van der Waals surface area contributed by atoms with Crippen molar-refractivity contribution in [2.45, 2.75) is 50.0 Å². The zero-order valence-corrected chi connectivity index (χ0v) is 19.2. The van der Waals surface area contributed by atoms with E-state index >= 15 is 0 Å². The topological polar surface area (TPSA) is 93.7 Å². The fraction of sp³-hybridized carbons (Fsp3) is 0.435. The number of carbonyl (C=O) groups excluding carboxylic acids is 1. The monoisotopic (exact) mass is 448 g/mol. The van der Waals surface area contributed by atoms with Crippen LogP contribution in [0.3, 0.4) is 0 Å².